The van der Waals surface area contributed by atoms with Crippen LogP contribution in [-0.4, -0.2) is 24.0 Å². The minimum Gasteiger partial charge on any atom is -0.481 e. The smallest absolute Gasteiger partial charge is 0.263 e. The molecule has 112 valence electrons. The van der Waals surface area contributed by atoms with Crippen molar-refractivity contribution in [2.75, 3.05) is 7.05 Å². The van der Waals surface area contributed by atoms with Gasteiger partial charge in [0.05, 0.1) is 11.6 Å². The molecule has 1 atom stereocenters. The van der Waals surface area contributed by atoms with E-state index in [9.17, 15) is 4.79 Å². The zero-order valence-corrected chi connectivity index (χ0v) is 12.7. The van der Waals surface area contributed by atoms with Crippen molar-refractivity contribution in [1.82, 2.24) is 4.90 Å². The van der Waals surface area contributed by atoms with Crippen LogP contribution in [0.3, 0.4) is 0 Å². The van der Waals surface area contributed by atoms with E-state index in [1.165, 1.54) is 0 Å². The molecule has 2 aromatic rings. The first-order chi connectivity index (χ1) is 10.6. The van der Waals surface area contributed by atoms with Gasteiger partial charge in [0.15, 0.2) is 6.10 Å². The van der Waals surface area contributed by atoms with Gasteiger partial charge in [-0.15, -0.1) is 0 Å². The molecule has 0 saturated heterocycles. The molecule has 0 fully saturated rings. The molecule has 0 bridgehead atoms. The number of benzene rings is 2. The summed E-state index contributed by atoms with van der Waals surface area (Å²) in [7, 11) is 1.76. The quantitative estimate of drug-likeness (QED) is 0.852. The van der Waals surface area contributed by atoms with E-state index in [2.05, 4.69) is 0 Å². The Morgan fingerprint density at radius 1 is 1.18 bits per heavy atom. The third-order valence-electron chi connectivity index (χ3n) is 3.28. The molecule has 0 aliphatic carbocycles. The molecular formula is C18H18N2O2. The van der Waals surface area contributed by atoms with Gasteiger partial charge in [0, 0.05) is 13.6 Å². The minimum absolute atomic E-state index is 0.0896. The third kappa shape index (κ3) is 4.10. The first-order valence-corrected chi connectivity index (χ1v) is 7.06. The van der Waals surface area contributed by atoms with E-state index in [4.69, 9.17) is 10.00 Å². The Morgan fingerprint density at radius 2 is 1.82 bits per heavy atom. The molecule has 4 heteroatoms. The van der Waals surface area contributed by atoms with Gasteiger partial charge >= 0.3 is 0 Å². The Kier molecular flexibility index (Phi) is 5.16. The number of rotatable bonds is 5. The molecule has 0 N–H and O–H groups in total. The van der Waals surface area contributed by atoms with E-state index in [1.54, 1.807) is 43.1 Å². The second-order valence-electron chi connectivity index (χ2n) is 5.08. The van der Waals surface area contributed by atoms with Gasteiger partial charge in [0.1, 0.15) is 5.75 Å². The van der Waals surface area contributed by atoms with Crippen molar-refractivity contribution < 1.29 is 9.53 Å². The molecule has 0 aliphatic rings. The lowest BCUT2D eigenvalue weighted by Crippen LogP contribution is -2.37. The number of carbonyl (C=O) groups excluding carboxylic acids is 1. The summed E-state index contributed by atoms with van der Waals surface area (Å²) < 4.78 is 5.63. The van der Waals surface area contributed by atoms with E-state index in [0.29, 0.717) is 17.9 Å². The summed E-state index contributed by atoms with van der Waals surface area (Å²) in [6.45, 7) is 2.27. The molecular weight excluding hydrogens is 276 g/mol. The maximum atomic E-state index is 12.3. The Labute approximate surface area is 130 Å². The predicted octanol–water partition coefficient (Wildman–Crippen LogP) is 2.98. The molecule has 0 unspecified atom stereocenters. The normalized spacial score (nSPS) is 11.3. The van der Waals surface area contributed by atoms with E-state index in [-0.39, 0.29) is 5.91 Å². The lowest BCUT2D eigenvalue weighted by molar-refractivity contribution is -0.137. The number of hydrogen-bond donors (Lipinski definition) is 0. The highest BCUT2D eigenvalue weighted by Crippen LogP contribution is 2.14. The van der Waals surface area contributed by atoms with Gasteiger partial charge in [-0.1, -0.05) is 30.3 Å². The van der Waals surface area contributed by atoms with Crippen molar-refractivity contribution >= 4 is 5.91 Å². The van der Waals surface area contributed by atoms with Gasteiger partial charge in [-0.3, -0.25) is 4.79 Å². The van der Waals surface area contributed by atoms with Crippen molar-refractivity contribution in [2.45, 2.75) is 19.6 Å². The standard InChI is InChI=1S/C18H18N2O2/c1-14(22-17-10-8-15(12-19)9-11-17)18(21)20(2)13-16-6-4-3-5-7-16/h3-11,14H,13H2,1-2H3/t14-/m0/s1. The highest BCUT2D eigenvalue weighted by molar-refractivity contribution is 5.80. The van der Waals surface area contributed by atoms with E-state index >= 15 is 0 Å². The summed E-state index contributed by atoms with van der Waals surface area (Å²) in [5.74, 6) is 0.487. The van der Waals surface area contributed by atoms with Crippen molar-refractivity contribution in [1.29, 1.82) is 5.26 Å². The van der Waals surface area contributed by atoms with Crippen molar-refractivity contribution in [3.8, 4) is 11.8 Å². The number of carbonyl (C=O) groups is 1. The summed E-state index contributed by atoms with van der Waals surface area (Å²) in [5.41, 5.74) is 1.64. The second kappa shape index (κ2) is 7.28. The fourth-order valence-electron chi connectivity index (χ4n) is 2.11. The number of likely N-dealkylation sites (N-methyl/N-ethyl adjacent to an activating group) is 1. The zero-order chi connectivity index (χ0) is 15.9. The molecule has 1 amide bonds. The summed E-state index contributed by atoms with van der Waals surface area (Å²) in [5, 5.41) is 8.76. The van der Waals surface area contributed by atoms with Crippen LogP contribution in [0, 0.1) is 11.3 Å². The Hall–Kier alpha value is -2.80. The lowest BCUT2D eigenvalue weighted by Gasteiger charge is -2.22. The zero-order valence-electron chi connectivity index (χ0n) is 12.7. The topological polar surface area (TPSA) is 53.3 Å². The SMILES string of the molecule is C[C@H](Oc1ccc(C#N)cc1)C(=O)N(C)Cc1ccccc1. The summed E-state index contributed by atoms with van der Waals surface area (Å²) in [4.78, 5) is 14.0. The molecule has 22 heavy (non-hydrogen) atoms. The fourth-order valence-corrected chi connectivity index (χ4v) is 2.11. The molecule has 4 nitrogen and oxygen atoms in total. The van der Waals surface area contributed by atoms with Crippen LogP contribution < -0.4 is 4.74 Å². The number of nitrogens with zero attached hydrogens (tertiary/aromatic N) is 2. The van der Waals surface area contributed by atoms with E-state index < -0.39 is 6.10 Å². The molecule has 0 heterocycles. The van der Waals surface area contributed by atoms with Crippen LogP contribution in [0.5, 0.6) is 5.75 Å². The average Bonchev–Trinajstić information content (AvgIpc) is 2.55. The second-order valence-corrected chi connectivity index (χ2v) is 5.08. The van der Waals surface area contributed by atoms with Crippen LogP contribution in [0.4, 0.5) is 0 Å². The first-order valence-electron chi connectivity index (χ1n) is 7.06. The molecule has 0 aliphatic heterocycles. The largest absolute Gasteiger partial charge is 0.481 e. The van der Waals surface area contributed by atoms with Crippen molar-refractivity contribution in [3.63, 3.8) is 0 Å². The van der Waals surface area contributed by atoms with Crippen molar-refractivity contribution in [2.24, 2.45) is 0 Å². The maximum absolute atomic E-state index is 12.3. The number of ether oxygens (including phenoxy) is 1. The number of nitriles is 1. The molecule has 0 spiro atoms. The summed E-state index contributed by atoms with van der Waals surface area (Å²) in [6.07, 6.45) is -0.582. The van der Waals surface area contributed by atoms with Crippen LogP contribution in [0.2, 0.25) is 0 Å². The first kappa shape index (κ1) is 15.6. The fraction of sp³-hybridized carbons (Fsp3) is 0.222. The Balaban J connectivity index is 1.94. The minimum atomic E-state index is -0.582. The third-order valence-corrected chi connectivity index (χ3v) is 3.28. The van der Waals surface area contributed by atoms with Gasteiger partial charge in [-0.2, -0.15) is 5.26 Å². The highest BCUT2D eigenvalue weighted by atomic mass is 16.5. The maximum Gasteiger partial charge on any atom is 0.263 e. The predicted molar refractivity (Wildman–Crippen MR) is 84.2 cm³/mol. The average molecular weight is 294 g/mol. The molecule has 0 saturated carbocycles. The van der Waals surface area contributed by atoms with Crippen molar-refractivity contribution in [3.05, 3.63) is 65.7 Å². The van der Waals surface area contributed by atoms with Crippen LogP contribution in [0.1, 0.15) is 18.1 Å². The monoisotopic (exact) mass is 294 g/mol. The summed E-state index contributed by atoms with van der Waals surface area (Å²) in [6, 6.07) is 18.6. The van der Waals surface area contributed by atoms with Crippen LogP contribution in [-0.2, 0) is 11.3 Å². The van der Waals surface area contributed by atoms with Gasteiger partial charge < -0.3 is 9.64 Å². The molecule has 0 radical (unpaired) electrons. The van der Waals surface area contributed by atoms with Gasteiger partial charge in [-0.05, 0) is 36.8 Å². The Morgan fingerprint density at radius 3 is 2.41 bits per heavy atom. The molecule has 2 aromatic carbocycles. The van der Waals surface area contributed by atoms with E-state index in [0.717, 1.165) is 5.56 Å². The van der Waals surface area contributed by atoms with Crippen LogP contribution in [0.15, 0.2) is 54.6 Å². The lowest BCUT2D eigenvalue weighted by atomic mass is 10.2. The van der Waals surface area contributed by atoms with Gasteiger partial charge in [0.2, 0.25) is 0 Å². The van der Waals surface area contributed by atoms with E-state index in [1.807, 2.05) is 36.4 Å². The highest BCUT2D eigenvalue weighted by Gasteiger charge is 2.19. The summed E-state index contributed by atoms with van der Waals surface area (Å²) >= 11 is 0. The van der Waals surface area contributed by atoms with Gasteiger partial charge in [0.25, 0.3) is 5.91 Å². The molecule has 2 rings (SSSR count). The van der Waals surface area contributed by atoms with Crippen LogP contribution in [0.25, 0.3) is 0 Å². The Bertz CT molecular complexity index is 660. The number of hydrogen-bond acceptors (Lipinski definition) is 3. The number of amides is 1. The molecule has 0 aromatic heterocycles. The van der Waals surface area contributed by atoms with Crippen LogP contribution >= 0.6 is 0 Å². The van der Waals surface area contributed by atoms with Gasteiger partial charge in [-0.25, -0.2) is 0 Å².